The average Bonchev–Trinajstić information content (AvgIpc) is 2.32. The molecule has 1 aromatic heterocycles. The van der Waals surface area contributed by atoms with Gasteiger partial charge in [-0.05, 0) is 36.8 Å². The first-order valence-corrected chi connectivity index (χ1v) is 5.73. The molecule has 5 heteroatoms. The molecule has 0 unspecified atom stereocenters. The molecule has 0 radical (unpaired) electrons. The molecule has 1 heterocycles. The van der Waals surface area contributed by atoms with Gasteiger partial charge in [0.15, 0.2) is 0 Å². The van der Waals surface area contributed by atoms with E-state index in [1.807, 2.05) is 13.0 Å². The zero-order valence-electron chi connectivity index (χ0n) is 9.77. The first-order chi connectivity index (χ1) is 8.56. The molecule has 4 nitrogen and oxygen atoms in total. The van der Waals surface area contributed by atoms with E-state index in [2.05, 4.69) is 10.3 Å². The van der Waals surface area contributed by atoms with E-state index in [0.29, 0.717) is 22.1 Å². The summed E-state index contributed by atoms with van der Waals surface area (Å²) >= 11 is 6.02. The third-order valence-electron chi connectivity index (χ3n) is 2.41. The van der Waals surface area contributed by atoms with Crippen LogP contribution in [0.4, 0.5) is 11.5 Å². The fraction of sp³-hybridized carbons (Fsp3) is 0.0769. The fourth-order valence-corrected chi connectivity index (χ4v) is 1.80. The number of carbonyl (C=O) groups excluding carboxylic acids is 1. The van der Waals surface area contributed by atoms with Gasteiger partial charge in [0, 0.05) is 0 Å². The zero-order valence-corrected chi connectivity index (χ0v) is 10.5. The molecule has 0 saturated heterocycles. The number of hydrogen-bond acceptors (Lipinski definition) is 3. The highest BCUT2D eigenvalue weighted by Gasteiger charge is 2.10. The number of amides is 1. The summed E-state index contributed by atoms with van der Waals surface area (Å²) in [5.74, 6) is 0.132. The highest BCUT2D eigenvalue weighted by atomic mass is 35.5. The van der Waals surface area contributed by atoms with Gasteiger partial charge in [-0.1, -0.05) is 17.7 Å². The third-order valence-corrected chi connectivity index (χ3v) is 2.73. The van der Waals surface area contributed by atoms with Crippen LogP contribution < -0.4 is 11.1 Å². The van der Waals surface area contributed by atoms with Crippen LogP contribution >= 0.6 is 11.6 Å². The van der Waals surface area contributed by atoms with E-state index in [-0.39, 0.29) is 5.91 Å². The Morgan fingerprint density at radius 2 is 2.11 bits per heavy atom. The summed E-state index contributed by atoms with van der Waals surface area (Å²) in [4.78, 5) is 15.9. The summed E-state index contributed by atoms with van der Waals surface area (Å²) in [6.07, 6.45) is 1.50. The minimum atomic E-state index is -0.272. The number of nitrogens with two attached hydrogens (primary N) is 1. The largest absolute Gasteiger partial charge is 0.384 e. The number of benzene rings is 1. The molecule has 92 valence electrons. The van der Waals surface area contributed by atoms with Crippen LogP contribution in [-0.4, -0.2) is 10.9 Å². The van der Waals surface area contributed by atoms with E-state index < -0.39 is 0 Å². The Bertz CT molecular complexity index is 581. The van der Waals surface area contributed by atoms with Crippen molar-refractivity contribution in [2.24, 2.45) is 0 Å². The quantitative estimate of drug-likeness (QED) is 0.873. The van der Waals surface area contributed by atoms with Crippen molar-refractivity contribution in [3.05, 3.63) is 52.7 Å². The molecule has 0 spiro atoms. The van der Waals surface area contributed by atoms with Crippen LogP contribution in [0.5, 0.6) is 0 Å². The van der Waals surface area contributed by atoms with Gasteiger partial charge in [-0.15, -0.1) is 0 Å². The second-order valence-corrected chi connectivity index (χ2v) is 4.32. The van der Waals surface area contributed by atoms with Crippen molar-refractivity contribution in [1.29, 1.82) is 0 Å². The topological polar surface area (TPSA) is 68.0 Å². The predicted molar refractivity (Wildman–Crippen MR) is 72.8 cm³/mol. The molecule has 0 aliphatic rings. The number of hydrogen-bond donors (Lipinski definition) is 2. The third kappa shape index (κ3) is 2.78. The smallest absolute Gasteiger partial charge is 0.257 e. The molecular weight excluding hydrogens is 250 g/mol. The minimum absolute atomic E-state index is 0.272. The number of nitrogens with one attached hydrogen (secondary N) is 1. The molecule has 2 rings (SSSR count). The number of aryl methyl sites for hydroxylation is 1. The summed E-state index contributed by atoms with van der Waals surface area (Å²) < 4.78 is 0. The van der Waals surface area contributed by atoms with Gasteiger partial charge in [-0.25, -0.2) is 4.98 Å². The highest BCUT2D eigenvalue weighted by Crippen LogP contribution is 2.19. The summed E-state index contributed by atoms with van der Waals surface area (Å²) in [6, 6.07) is 8.58. The Labute approximate surface area is 110 Å². The number of nitrogen functional groups attached to an aromatic ring is 1. The molecule has 0 aliphatic heterocycles. The fourth-order valence-electron chi connectivity index (χ4n) is 1.48. The van der Waals surface area contributed by atoms with Gasteiger partial charge >= 0.3 is 0 Å². The van der Waals surface area contributed by atoms with Crippen molar-refractivity contribution < 1.29 is 4.79 Å². The normalized spacial score (nSPS) is 10.1. The number of rotatable bonds is 2. The Balaban J connectivity index is 2.19. The Kier molecular flexibility index (Phi) is 3.48. The molecular formula is C13H12ClN3O. The standard InChI is InChI=1S/C13H12ClN3O/c1-8-2-4-10(11(14)6-8)13(18)17-9-3-5-12(15)16-7-9/h2-7H,1H3,(H2,15,16)(H,17,18). The highest BCUT2D eigenvalue weighted by molar-refractivity contribution is 6.34. The van der Waals surface area contributed by atoms with Crippen molar-refractivity contribution in [3.63, 3.8) is 0 Å². The molecule has 1 amide bonds. The molecule has 0 aliphatic carbocycles. The van der Waals surface area contributed by atoms with Crippen LogP contribution in [0.25, 0.3) is 0 Å². The van der Waals surface area contributed by atoms with Crippen molar-refractivity contribution in [3.8, 4) is 0 Å². The lowest BCUT2D eigenvalue weighted by Gasteiger charge is -2.07. The molecule has 1 aromatic carbocycles. The van der Waals surface area contributed by atoms with Gasteiger partial charge in [0.25, 0.3) is 5.91 Å². The van der Waals surface area contributed by atoms with Gasteiger partial charge in [0.2, 0.25) is 0 Å². The summed E-state index contributed by atoms with van der Waals surface area (Å²) in [5.41, 5.74) is 7.47. The maximum atomic E-state index is 12.0. The molecule has 0 bridgehead atoms. The van der Waals surface area contributed by atoms with E-state index >= 15 is 0 Å². The van der Waals surface area contributed by atoms with Gasteiger partial charge in [0.1, 0.15) is 5.82 Å². The maximum absolute atomic E-state index is 12.0. The van der Waals surface area contributed by atoms with Crippen LogP contribution in [0.1, 0.15) is 15.9 Å². The van der Waals surface area contributed by atoms with Crippen molar-refractivity contribution in [2.45, 2.75) is 6.92 Å². The van der Waals surface area contributed by atoms with Gasteiger partial charge in [-0.2, -0.15) is 0 Å². The van der Waals surface area contributed by atoms with Crippen LogP contribution in [0.3, 0.4) is 0 Å². The monoisotopic (exact) mass is 261 g/mol. The van der Waals surface area contributed by atoms with Gasteiger partial charge < -0.3 is 11.1 Å². The summed E-state index contributed by atoms with van der Waals surface area (Å²) in [6.45, 7) is 1.91. The Morgan fingerprint density at radius 1 is 1.33 bits per heavy atom. The number of nitrogens with zero attached hydrogens (tertiary/aromatic N) is 1. The van der Waals surface area contributed by atoms with Gasteiger partial charge in [0.05, 0.1) is 22.5 Å². The van der Waals surface area contributed by atoms with Crippen LogP contribution in [0.15, 0.2) is 36.5 Å². The summed E-state index contributed by atoms with van der Waals surface area (Å²) in [5, 5.41) is 3.13. The Hall–Kier alpha value is -2.07. The number of aromatic nitrogens is 1. The first-order valence-electron chi connectivity index (χ1n) is 5.35. The van der Waals surface area contributed by atoms with Crippen LogP contribution in [0.2, 0.25) is 5.02 Å². The van der Waals surface area contributed by atoms with Gasteiger partial charge in [-0.3, -0.25) is 4.79 Å². The van der Waals surface area contributed by atoms with Crippen molar-refractivity contribution >= 4 is 29.0 Å². The van der Waals surface area contributed by atoms with E-state index in [9.17, 15) is 4.79 Å². The lowest BCUT2D eigenvalue weighted by atomic mass is 10.1. The number of carbonyl (C=O) groups is 1. The van der Waals surface area contributed by atoms with Crippen molar-refractivity contribution in [1.82, 2.24) is 4.98 Å². The lowest BCUT2D eigenvalue weighted by molar-refractivity contribution is 0.102. The van der Waals surface area contributed by atoms with E-state index in [4.69, 9.17) is 17.3 Å². The SMILES string of the molecule is Cc1ccc(C(=O)Nc2ccc(N)nc2)c(Cl)c1. The number of halogens is 1. The van der Waals surface area contributed by atoms with Crippen LogP contribution in [-0.2, 0) is 0 Å². The van der Waals surface area contributed by atoms with E-state index in [1.54, 1.807) is 24.3 Å². The molecule has 3 N–H and O–H groups in total. The van der Waals surface area contributed by atoms with Crippen LogP contribution in [0, 0.1) is 6.92 Å². The second-order valence-electron chi connectivity index (χ2n) is 3.91. The zero-order chi connectivity index (χ0) is 13.1. The van der Waals surface area contributed by atoms with Crippen molar-refractivity contribution in [2.75, 3.05) is 11.1 Å². The average molecular weight is 262 g/mol. The Morgan fingerprint density at radius 3 is 2.72 bits per heavy atom. The maximum Gasteiger partial charge on any atom is 0.257 e. The molecule has 18 heavy (non-hydrogen) atoms. The molecule has 0 saturated carbocycles. The van der Waals surface area contributed by atoms with E-state index in [1.165, 1.54) is 6.20 Å². The number of pyridine rings is 1. The summed E-state index contributed by atoms with van der Waals surface area (Å²) in [7, 11) is 0. The molecule has 0 fully saturated rings. The second kappa shape index (κ2) is 5.06. The van der Waals surface area contributed by atoms with E-state index in [0.717, 1.165) is 5.56 Å². The molecule has 2 aromatic rings. The lowest BCUT2D eigenvalue weighted by Crippen LogP contribution is -2.12. The predicted octanol–water partition coefficient (Wildman–Crippen LogP) is 2.88. The first kappa shape index (κ1) is 12.4. The minimum Gasteiger partial charge on any atom is -0.384 e. The molecule has 0 atom stereocenters. The number of anilines is 2.